The molecule has 0 fully saturated rings. The van der Waals surface area contributed by atoms with Crippen molar-refractivity contribution in [3.8, 4) is 21.1 Å². The van der Waals surface area contributed by atoms with Crippen LogP contribution in [0.4, 0.5) is 0 Å². The zero-order valence-corrected chi connectivity index (χ0v) is 18.1. The van der Waals surface area contributed by atoms with Crippen LogP contribution in [0, 0.1) is 0 Å². The Kier molecular flexibility index (Phi) is 8.23. The maximum absolute atomic E-state index is 4.43. The van der Waals surface area contributed by atoms with Gasteiger partial charge in [-0.3, -0.25) is 0 Å². The van der Waals surface area contributed by atoms with E-state index in [-0.39, 0.29) is 0 Å². The monoisotopic (exact) mass is 392 g/mol. The first kappa shape index (κ1) is 20.7. The van der Waals surface area contributed by atoms with Crippen molar-refractivity contribution in [2.45, 2.75) is 71.6 Å². The highest BCUT2D eigenvalue weighted by Crippen LogP contribution is 2.30. The van der Waals surface area contributed by atoms with Crippen molar-refractivity contribution < 1.29 is 0 Å². The molecule has 0 N–H and O–H groups in total. The lowest BCUT2D eigenvalue weighted by Crippen LogP contribution is -1.86. The predicted octanol–water partition coefficient (Wildman–Crippen LogP) is 7.73. The molecule has 0 aliphatic heterocycles. The molecule has 0 saturated carbocycles. The largest absolute Gasteiger partial charge is 0.148 e. The Labute approximate surface area is 174 Å². The fraction of sp³-hybridized carbons (Fsp3) is 0.440. The number of aryl methyl sites for hydroxylation is 2. The molecule has 0 radical (unpaired) electrons. The van der Waals surface area contributed by atoms with E-state index in [0.717, 1.165) is 27.6 Å². The van der Waals surface area contributed by atoms with Gasteiger partial charge in [-0.25, -0.2) is 0 Å². The fourth-order valence-electron chi connectivity index (χ4n) is 3.40. The summed E-state index contributed by atoms with van der Waals surface area (Å²) in [5.41, 5.74) is 5.15. The molecular weight excluding hydrogens is 360 g/mol. The number of hydrogen-bond donors (Lipinski definition) is 0. The Balaban J connectivity index is 1.58. The summed E-state index contributed by atoms with van der Waals surface area (Å²) in [6, 6.07) is 17.7. The topological polar surface area (TPSA) is 25.8 Å². The molecule has 0 unspecified atom stereocenters. The Hall–Kier alpha value is -2.00. The first-order chi connectivity index (χ1) is 13.8. The average molecular weight is 393 g/mol. The van der Waals surface area contributed by atoms with Gasteiger partial charge in [-0.1, -0.05) is 106 Å². The predicted molar refractivity (Wildman–Crippen MR) is 122 cm³/mol. The van der Waals surface area contributed by atoms with E-state index in [1.54, 1.807) is 11.3 Å². The molecule has 0 saturated heterocycles. The van der Waals surface area contributed by atoms with Gasteiger partial charge in [0.05, 0.1) is 0 Å². The van der Waals surface area contributed by atoms with E-state index < -0.39 is 0 Å². The van der Waals surface area contributed by atoms with E-state index in [1.807, 2.05) is 0 Å². The van der Waals surface area contributed by atoms with Crippen LogP contribution in [0.2, 0.25) is 0 Å². The number of hydrogen-bond acceptors (Lipinski definition) is 3. The SMILES string of the molecule is CCCCCCCc1ccc(-c2nnc(-c3ccc(CCCC)cc3)s2)cc1. The van der Waals surface area contributed by atoms with Gasteiger partial charge in [0.25, 0.3) is 0 Å². The molecule has 2 aromatic carbocycles. The van der Waals surface area contributed by atoms with Crippen LogP contribution in [0.5, 0.6) is 0 Å². The van der Waals surface area contributed by atoms with Crippen LogP contribution < -0.4 is 0 Å². The molecule has 3 rings (SSSR count). The summed E-state index contributed by atoms with van der Waals surface area (Å²) < 4.78 is 0. The molecule has 3 heteroatoms. The van der Waals surface area contributed by atoms with Gasteiger partial charge in [0.2, 0.25) is 0 Å². The minimum atomic E-state index is 0.997. The highest BCUT2D eigenvalue weighted by atomic mass is 32.1. The number of aromatic nitrogens is 2. The lowest BCUT2D eigenvalue weighted by Gasteiger charge is -2.03. The molecule has 2 nitrogen and oxygen atoms in total. The molecule has 0 spiro atoms. The van der Waals surface area contributed by atoms with Crippen LogP contribution in [0.1, 0.15) is 69.9 Å². The van der Waals surface area contributed by atoms with Crippen molar-refractivity contribution >= 4 is 11.3 Å². The second kappa shape index (κ2) is 11.1. The maximum Gasteiger partial charge on any atom is 0.148 e. The molecule has 0 aliphatic carbocycles. The second-order valence-corrected chi connectivity index (χ2v) is 8.55. The van der Waals surface area contributed by atoms with Crippen molar-refractivity contribution in [1.82, 2.24) is 10.2 Å². The van der Waals surface area contributed by atoms with E-state index >= 15 is 0 Å². The average Bonchev–Trinajstić information content (AvgIpc) is 3.23. The number of unbranched alkanes of at least 4 members (excludes halogenated alkanes) is 5. The molecular formula is C25H32N2S. The third-order valence-corrected chi connectivity index (χ3v) is 6.24. The molecule has 1 aromatic heterocycles. The van der Waals surface area contributed by atoms with Crippen LogP contribution in [-0.4, -0.2) is 10.2 Å². The van der Waals surface area contributed by atoms with E-state index in [1.165, 1.54) is 62.5 Å². The Morgan fingerprint density at radius 3 is 1.54 bits per heavy atom. The summed E-state index contributed by atoms with van der Waals surface area (Å²) in [5.74, 6) is 0. The van der Waals surface area contributed by atoms with Crippen LogP contribution >= 0.6 is 11.3 Å². The highest BCUT2D eigenvalue weighted by molar-refractivity contribution is 7.17. The normalized spacial score (nSPS) is 11.1. The van der Waals surface area contributed by atoms with Crippen molar-refractivity contribution in [2.75, 3.05) is 0 Å². The van der Waals surface area contributed by atoms with Gasteiger partial charge < -0.3 is 0 Å². The third-order valence-electron chi connectivity index (χ3n) is 5.21. The third kappa shape index (κ3) is 6.00. The van der Waals surface area contributed by atoms with Crippen LogP contribution in [0.15, 0.2) is 48.5 Å². The van der Waals surface area contributed by atoms with Gasteiger partial charge in [-0.2, -0.15) is 0 Å². The highest BCUT2D eigenvalue weighted by Gasteiger charge is 2.09. The van der Waals surface area contributed by atoms with Crippen molar-refractivity contribution in [3.05, 3.63) is 59.7 Å². The second-order valence-electron chi connectivity index (χ2n) is 7.57. The molecule has 1 heterocycles. The van der Waals surface area contributed by atoms with E-state index in [4.69, 9.17) is 0 Å². The van der Waals surface area contributed by atoms with Crippen molar-refractivity contribution in [2.24, 2.45) is 0 Å². The van der Waals surface area contributed by atoms with Gasteiger partial charge in [0, 0.05) is 11.1 Å². The van der Waals surface area contributed by atoms with Crippen molar-refractivity contribution in [1.29, 1.82) is 0 Å². The van der Waals surface area contributed by atoms with Gasteiger partial charge in [-0.15, -0.1) is 10.2 Å². The Morgan fingerprint density at radius 1 is 0.571 bits per heavy atom. The summed E-state index contributed by atoms with van der Waals surface area (Å²) in [4.78, 5) is 0. The lowest BCUT2D eigenvalue weighted by molar-refractivity contribution is 0.632. The zero-order chi connectivity index (χ0) is 19.6. The molecule has 28 heavy (non-hydrogen) atoms. The summed E-state index contributed by atoms with van der Waals surface area (Å²) in [6.07, 6.45) is 11.5. The minimum Gasteiger partial charge on any atom is -0.138 e. The van der Waals surface area contributed by atoms with Crippen LogP contribution in [0.25, 0.3) is 21.1 Å². The molecule has 0 atom stereocenters. The first-order valence-electron chi connectivity index (χ1n) is 10.8. The number of nitrogens with zero attached hydrogens (tertiary/aromatic N) is 2. The lowest BCUT2D eigenvalue weighted by atomic mass is 10.0. The molecule has 3 aromatic rings. The van der Waals surface area contributed by atoms with Gasteiger partial charge in [0.15, 0.2) is 0 Å². The molecule has 0 amide bonds. The Morgan fingerprint density at radius 2 is 1.04 bits per heavy atom. The van der Waals surface area contributed by atoms with E-state index in [0.29, 0.717) is 0 Å². The number of rotatable bonds is 11. The minimum absolute atomic E-state index is 0.997. The quantitative estimate of drug-likeness (QED) is 0.312. The van der Waals surface area contributed by atoms with E-state index in [2.05, 4.69) is 72.6 Å². The fourth-order valence-corrected chi connectivity index (χ4v) is 4.25. The smallest absolute Gasteiger partial charge is 0.138 e. The standard InChI is InChI=1S/C25H32N2S/c1-3-5-7-8-9-11-21-14-18-23(19-15-21)25-27-26-24(28-25)22-16-12-20(13-17-22)10-6-4-2/h12-19H,3-11H2,1-2H3. The molecule has 148 valence electrons. The molecule has 0 aliphatic rings. The summed E-state index contributed by atoms with van der Waals surface area (Å²) >= 11 is 1.67. The van der Waals surface area contributed by atoms with Gasteiger partial charge in [-0.05, 0) is 36.8 Å². The summed E-state index contributed by atoms with van der Waals surface area (Å²) in [7, 11) is 0. The van der Waals surface area contributed by atoms with Crippen molar-refractivity contribution in [3.63, 3.8) is 0 Å². The summed E-state index contributed by atoms with van der Waals surface area (Å²) in [6.45, 7) is 4.50. The Bertz CT molecular complexity index is 819. The zero-order valence-electron chi connectivity index (χ0n) is 17.3. The van der Waals surface area contributed by atoms with Gasteiger partial charge >= 0.3 is 0 Å². The van der Waals surface area contributed by atoms with Crippen LogP contribution in [-0.2, 0) is 12.8 Å². The van der Waals surface area contributed by atoms with Crippen LogP contribution in [0.3, 0.4) is 0 Å². The molecule has 0 bridgehead atoms. The maximum atomic E-state index is 4.43. The number of benzene rings is 2. The summed E-state index contributed by atoms with van der Waals surface area (Å²) in [5, 5.41) is 10.8. The van der Waals surface area contributed by atoms with E-state index in [9.17, 15) is 0 Å². The van der Waals surface area contributed by atoms with Gasteiger partial charge in [0.1, 0.15) is 10.0 Å². The first-order valence-corrected chi connectivity index (χ1v) is 11.6.